The lowest BCUT2D eigenvalue weighted by Gasteiger charge is -2.31. The minimum Gasteiger partial charge on any atom is -0.312 e. The zero-order valence-electron chi connectivity index (χ0n) is 14.1. The Kier molecular flexibility index (Phi) is 6.72. The van der Waals surface area contributed by atoms with Gasteiger partial charge in [0.25, 0.3) is 0 Å². The molecule has 1 saturated carbocycles. The molecule has 0 heterocycles. The van der Waals surface area contributed by atoms with Crippen LogP contribution in [0, 0.1) is 11.8 Å². The average Bonchev–Trinajstić information content (AvgIpc) is 2.41. The van der Waals surface area contributed by atoms with E-state index in [1.54, 1.807) is 0 Å². The molecule has 0 bridgehead atoms. The summed E-state index contributed by atoms with van der Waals surface area (Å²) in [5.41, 5.74) is 2.87. The first-order valence-corrected chi connectivity index (χ1v) is 8.68. The number of benzene rings is 1. The van der Waals surface area contributed by atoms with Gasteiger partial charge in [-0.3, -0.25) is 4.90 Å². The molecular weight excluding hydrogens is 256 g/mol. The van der Waals surface area contributed by atoms with E-state index >= 15 is 0 Å². The third kappa shape index (κ3) is 5.80. The van der Waals surface area contributed by atoms with Gasteiger partial charge in [0.1, 0.15) is 0 Å². The highest BCUT2D eigenvalue weighted by Gasteiger charge is 2.19. The summed E-state index contributed by atoms with van der Waals surface area (Å²) in [6.45, 7) is 12.4. The zero-order chi connectivity index (χ0) is 15.1. The largest absolute Gasteiger partial charge is 0.312 e. The number of hydrogen-bond acceptors (Lipinski definition) is 2. The first-order chi connectivity index (χ1) is 10.2. The Morgan fingerprint density at radius 2 is 2.00 bits per heavy atom. The van der Waals surface area contributed by atoms with Crippen molar-refractivity contribution in [2.24, 2.45) is 11.8 Å². The summed E-state index contributed by atoms with van der Waals surface area (Å²) in [5.74, 6) is 1.67. The van der Waals surface area contributed by atoms with Crippen molar-refractivity contribution in [3.05, 3.63) is 35.4 Å². The van der Waals surface area contributed by atoms with Gasteiger partial charge in [0.05, 0.1) is 0 Å². The Morgan fingerprint density at radius 1 is 1.24 bits per heavy atom. The topological polar surface area (TPSA) is 15.3 Å². The summed E-state index contributed by atoms with van der Waals surface area (Å²) in [6.07, 6.45) is 4.32. The number of rotatable bonds is 9. The predicted molar refractivity (Wildman–Crippen MR) is 91.3 cm³/mol. The molecule has 2 heteroatoms. The van der Waals surface area contributed by atoms with Crippen molar-refractivity contribution in [2.75, 3.05) is 19.6 Å². The zero-order valence-corrected chi connectivity index (χ0v) is 14.1. The van der Waals surface area contributed by atoms with Crippen molar-refractivity contribution < 1.29 is 0 Å². The van der Waals surface area contributed by atoms with Crippen LogP contribution in [-0.2, 0) is 13.1 Å². The van der Waals surface area contributed by atoms with Crippen molar-refractivity contribution >= 4 is 0 Å². The van der Waals surface area contributed by atoms with E-state index in [2.05, 4.69) is 55.3 Å². The normalized spacial score (nSPS) is 15.7. The second-order valence-electron chi connectivity index (χ2n) is 6.97. The molecule has 0 aromatic heterocycles. The summed E-state index contributed by atoms with van der Waals surface area (Å²) in [7, 11) is 0. The molecule has 0 amide bonds. The second-order valence-corrected chi connectivity index (χ2v) is 6.97. The molecule has 0 spiro atoms. The van der Waals surface area contributed by atoms with Gasteiger partial charge in [0, 0.05) is 19.6 Å². The van der Waals surface area contributed by atoms with Crippen LogP contribution in [0.25, 0.3) is 0 Å². The fourth-order valence-corrected chi connectivity index (χ4v) is 2.95. The van der Waals surface area contributed by atoms with Gasteiger partial charge in [-0.25, -0.2) is 0 Å². The first kappa shape index (κ1) is 16.5. The van der Waals surface area contributed by atoms with Crippen LogP contribution in [0.4, 0.5) is 0 Å². The van der Waals surface area contributed by atoms with Gasteiger partial charge in [0.15, 0.2) is 0 Å². The summed E-state index contributed by atoms with van der Waals surface area (Å²) >= 11 is 0. The molecule has 2 rings (SSSR count). The van der Waals surface area contributed by atoms with E-state index < -0.39 is 0 Å². The van der Waals surface area contributed by atoms with E-state index in [4.69, 9.17) is 0 Å². The molecule has 1 fully saturated rings. The highest BCUT2D eigenvalue weighted by Crippen LogP contribution is 2.27. The Labute approximate surface area is 130 Å². The molecular formula is C19H32N2. The Bertz CT molecular complexity index is 410. The Hall–Kier alpha value is -0.860. The molecule has 0 unspecified atom stereocenters. The fraction of sp³-hybridized carbons (Fsp3) is 0.684. The van der Waals surface area contributed by atoms with Crippen LogP contribution in [0.2, 0.25) is 0 Å². The summed E-state index contributed by atoms with van der Waals surface area (Å²) in [5, 5.41) is 3.53. The van der Waals surface area contributed by atoms with Gasteiger partial charge < -0.3 is 5.32 Å². The van der Waals surface area contributed by atoms with Gasteiger partial charge in [-0.05, 0) is 48.9 Å². The van der Waals surface area contributed by atoms with E-state index in [9.17, 15) is 0 Å². The fourth-order valence-electron chi connectivity index (χ4n) is 2.95. The van der Waals surface area contributed by atoms with Gasteiger partial charge in [-0.1, -0.05) is 51.5 Å². The Balaban J connectivity index is 1.83. The van der Waals surface area contributed by atoms with E-state index in [-0.39, 0.29) is 0 Å². The van der Waals surface area contributed by atoms with Gasteiger partial charge >= 0.3 is 0 Å². The summed E-state index contributed by atoms with van der Waals surface area (Å²) in [6, 6.07) is 9.09. The predicted octanol–water partition coefficient (Wildman–Crippen LogP) is 4.05. The highest BCUT2D eigenvalue weighted by molar-refractivity contribution is 5.23. The van der Waals surface area contributed by atoms with Crippen molar-refractivity contribution in [1.29, 1.82) is 0 Å². The molecule has 0 atom stereocenters. The van der Waals surface area contributed by atoms with Crippen molar-refractivity contribution in [2.45, 2.75) is 53.1 Å². The maximum absolute atomic E-state index is 3.53. The summed E-state index contributed by atoms with van der Waals surface area (Å²) < 4.78 is 0. The third-order valence-corrected chi connectivity index (χ3v) is 4.47. The van der Waals surface area contributed by atoms with E-state index in [0.717, 1.165) is 32.1 Å². The molecule has 0 saturated heterocycles. The van der Waals surface area contributed by atoms with E-state index in [1.807, 2.05) is 0 Å². The molecule has 118 valence electrons. The van der Waals surface area contributed by atoms with Crippen LogP contribution in [0.15, 0.2) is 24.3 Å². The average molecular weight is 288 g/mol. The SMILES string of the molecule is CCN(Cc1cccc(CNCC(C)C)c1)CC1CCC1. The molecule has 1 aliphatic carbocycles. The monoisotopic (exact) mass is 288 g/mol. The van der Waals surface area contributed by atoms with Gasteiger partial charge in [0.2, 0.25) is 0 Å². The maximum Gasteiger partial charge on any atom is 0.0233 e. The molecule has 1 N–H and O–H groups in total. The van der Waals surface area contributed by atoms with Gasteiger partial charge in [-0.2, -0.15) is 0 Å². The standard InChI is InChI=1S/C19H32N2/c1-4-21(14-17-7-5-8-17)15-19-10-6-9-18(11-19)13-20-12-16(2)3/h6,9-11,16-17,20H,4-5,7-8,12-15H2,1-3H3. The van der Waals surface area contributed by atoms with E-state index in [1.165, 1.54) is 36.9 Å². The minimum atomic E-state index is 0.714. The number of nitrogens with zero attached hydrogens (tertiary/aromatic N) is 1. The molecule has 2 nitrogen and oxygen atoms in total. The molecule has 21 heavy (non-hydrogen) atoms. The van der Waals surface area contributed by atoms with Crippen molar-refractivity contribution in [1.82, 2.24) is 10.2 Å². The van der Waals surface area contributed by atoms with Crippen LogP contribution in [-0.4, -0.2) is 24.5 Å². The number of hydrogen-bond donors (Lipinski definition) is 1. The maximum atomic E-state index is 3.53. The van der Waals surface area contributed by atoms with Crippen molar-refractivity contribution in [3.8, 4) is 0 Å². The Morgan fingerprint density at radius 3 is 2.62 bits per heavy atom. The minimum absolute atomic E-state index is 0.714. The molecule has 0 aliphatic heterocycles. The lowest BCUT2D eigenvalue weighted by atomic mass is 9.85. The van der Waals surface area contributed by atoms with Crippen molar-refractivity contribution in [3.63, 3.8) is 0 Å². The molecule has 1 aliphatic rings. The van der Waals surface area contributed by atoms with Crippen LogP contribution in [0.1, 0.15) is 51.2 Å². The van der Waals surface area contributed by atoms with Gasteiger partial charge in [-0.15, -0.1) is 0 Å². The summed E-state index contributed by atoms with van der Waals surface area (Å²) in [4.78, 5) is 2.60. The van der Waals surface area contributed by atoms with E-state index in [0.29, 0.717) is 5.92 Å². The lowest BCUT2D eigenvalue weighted by Crippen LogP contribution is -2.32. The molecule has 1 aromatic carbocycles. The van der Waals surface area contributed by atoms with Crippen LogP contribution < -0.4 is 5.32 Å². The number of nitrogens with one attached hydrogen (secondary N) is 1. The third-order valence-electron chi connectivity index (χ3n) is 4.47. The van der Waals surface area contributed by atoms with Crippen LogP contribution >= 0.6 is 0 Å². The highest BCUT2D eigenvalue weighted by atomic mass is 15.1. The van der Waals surface area contributed by atoms with Crippen LogP contribution in [0.5, 0.6) is 0 Å². The smallest absolute Gasteiger partial charge is 0.0233 e. The quantitative estimate of drug-likeness (QED) is 0.737. The second kappa shape index (κ2) is 8.55. The molecule has 1 aromatic rings. The lowest BCUT2D eigenvalue weighted by molar-refractivity contribution is 0.178. The molecule has 0 radical (unpaired) electrons. The first-order valence-electron chi connectivity index (χ1n) is 8.68. The van der Waals surface area contributed by atoms with Crippen LogP contribution in [0.3, 0.4) is 0 Å².